The predicted molar refractivity (Wildman–Crippen MR) is 96.8 cm³/mol. The zero-order chi connectivity index (χ0) is 17.4. The Morgan fingerprint density at radius 2 is 1.92 bits per heavy atom. The monoisotopic (exact) mass is 334 g/mol. The van der Waals surface area contributed by atoms with Crippen LogP contribution in [0.1, 0.15) is 60.4 Å². The third-order valence-electron chi connectivity index (χ3n) is 5.05. The van der Waals surface area contributed by atoms with Crippen LogP contribution in [0.15, 0.2) is 42.7 Å². The molecule has 0 bridgehead atoms. The molecule has 25 heavy (non-hydrogen) atoms. The Balaban J connectivity index is 1.66. The Morgan fingerprint density at radius 3 is 2.68 bits per heavy atom. The first kappa shape index (κ1) is 16.0. The number of hydrogen-bond acceptors (Lipinski definition) is 4. The van der Waals surface area contributed by atoms with Gasteiger partial charge in [-0.05, 0) is 32.3 Å². The lowest BCUT2D eigenvalue weighted by Crippen LogP contribution is -2.38. The van der Waals surface area contributed by atoms with Crippen LogP contribution in [-0.4, -0.2) is 26.8 Å². The summed E-state index contributed by atoms with van der Waals surface area (Å²) in [5, 5.41) is 3.69. The minimum Gasteiger partial charge on any atom is -0.341 e. The Morgan fingerprint density at radius 1 is 1.12 bits per heavy atom. The van der Waals surface area contributed by atoms with Gasteiger partial charge in [-0.3, -0.25) is 9.78 Å². The summed E-state index contributed by atoms with van der Waals surface area (Å²) in [7, 11) is 0. The number of H-pyrrole nitrogens is 1. The highest BCUT2D eigenvalue weighted by Crippen LogP contribution is 2.36. The number of rotatable bonds is 3. The van der Waals surface area contributed by atoms with Crippen molar-refractivity contribution >= 4 is 5.78 Å². The number of nitrogens with one attached hydrogen (secondary N) is 2. The molecule has 2 N–H and O–H groups in total. The van der Waals surface area contributed by atoms with E-state index < -0.39 is 0 Å². The van der Waals surface area contributed by atoms with Crippen molar-refractivity contribution in [3.05, 3.63) is 59.7 Å². The van der Waals surface area contributed by atoms with Crippen molar-refractivity contribution in [2.45, 2.75) is 44.7 Å². The number of ketones is 1. The molecular weight excluding hydrogens is 312 g/mol. The van der Waals surface area contributed by atoms with Gasteiger partial charge in [-0.2, -0.15) is 0 Å². The quantitative estimate of drug-likeness (QED) is 0.716. The van der Waals surface area contributed by atoms with E-state index in [2.05, 4.69) is 51.5 Å². The van der Waals surface area contributed by atoms with Gasteiger partial charge >= 0.3 is 0 Å². The van der Waals surface area contributed by atoms with Crippen molar-refractivity contribution in [3.63, 3.8) is 0 Å². The molecule has 128 valence electrons. The van der Waals surface area contributed by atoms with Crippen molar-refractivity contribution in [3.8, 4) is 11.4 Å². The molecule has 0 spiro atoms. The van der Waals surface area contributed by atoms with Gasteiger partial charge in [-0.15, -0.1) is 0 Å². The topological polar surface area (TPSA) is 70.7 Å². The summed E-state index contributed by atoms with van der Waals surface area (Å²) in [6, 6.07) is 11.3. The van der Waals surface area contributed by atoms with Crippen LogP contribution in [0.2, 0.25) is 0 Å². The molecule has 3 aliphatic rings. The van der Waals surface area contributed by atoms with Crippen LogP contribution in [0.25, 0.3) is 11.4 Å². The molecule has 5 nitrogen and oxygen atoms in total. The van der Waals surface area contributed by atoms with Crippen molar-refractivity contribution in [2.24, 2.45) is 0 Å². The zero-order valence-corrected chi connectivity index (χ0v) is 14.5. The van der Waals surface area contributed by atoms with E-state index in [9.17, 15) is 4.79 Å². The van der Waals surface area contributed by atoms with Crippen molar-refractivity contribution in [2.75, 3.05) is 0 Å². The van der Waals surface area contributed by atoms with Crippen molar-refractivity contribution in [1.29, 1.82) is 0 Å². The van der Waals surface area contributed by atoms with Crippen LogP contribution in [0.3, 0.4) is 0 Å². The second kappa shape index (κ2) is 6.41. The van der Waals surface area contributed by atoms with Crippen molar-refractivity contribution < 1.29 is 4.79 Å². The Hall–Kier alpha value is -2.53. The van der Waals surface area contributed by atoms with E-state index in [1.54, 1.807) is 19.3 Å². The van der Waals surface area contributed by atoms with Crippen molar-refractivity contribution in [1.82, 2.24) is 20.3 Å². The molecule has 1 aromatic rings. The van der Waals surface area contributed by atoms with E-state index in [4.69, 9.17) is 0 Å². The van der Waals surface area contributed by atoms with Gasteiger partial charge in [0, 0.05) is 24.2 Å². The summed E-state index contributed by atoms with van der Waals surface area (Å²) in [5.41, 5.74) is 3.50. The maximum Gasteiger partial charge on any atom is 0.163 e. The van der Waals surface area contributed by atoms with Crippen LogP contribution >= 0.6 is 0 Å². The van der Waals surface area contributed by atoms with E-state index in [1.807, 2.05) is 6.07 Å². The molecule has 0 aliphatic carbocycles. The first-order chi connectivity index (χ1) is 12.1. The number of Topliss-reactive ketones (excluding diaryl/α,β-unsaturated/α-hetero) is 1. The number of piperidine rings is 1. The molecular formula is C20H22N4O. The van der Waals surface area contributed by atoms with E-state index in [1.165, 1.54) is 5.56 Å². The molecule has 1 aromatic carbocycles. The van der Waals surface area contributed by atoms with E-state index >= 15 is 0 Å². The molecule has 0 aromatic heterocycles. The SMILES string of the molecule is CC(=O)c1cnc2cnc(C3CC(C)NC(c4ccccc4)C3)[nH]c1-2. The number of hydrogen-bond donors (Lipinski definition) is 2. The summed E-state index contributed by atoms with van der Waals surface area (Å²) >= 11 is 0. The van der Waals surface area contributed by atoms with Gasteiger partial charge in [0.25, 0.3) is 0 Å². The first-order valence-corrected chi connectivity index (χ1v) is 8.77. The molecule has 3 atom stereocenters. The lowest BCUT2D eigenvalue weighted by atomic mass is 9.85. The van der Waals surface area contributed by atoms with Gasteiger partial charge in [-0.1, -0.05) is 30.3 Å². The summed E-state index contributed by atoms with van der Waals surface area (Å²) in [4.78, 5) is 24.1. The maximum absolute atomic E-state index is 11.8. The van der Waals surface area contributed by atoms with E-state index in [0.29, 0.717) is 23.6 Å². The van der Waals surface area contributed by atoms with Gasteiger partial charge in [0.1, 0.15) is 11.5 Å². The third kappa shape index (κ3) is 3.07. The molecule has 0 amide bonds. The minimum absolute atomic E-state index is 0.0248. The summed E-state index contributed by atoms with van der Waals surface area (Å²) in [6.45, 7) is 3.79. The fourth-order valence-corrected chi connectivity index (χ4v) is 3.82. The van der Waals surface area contributed by atoms with Gasteiger partial charge in [0.05, 0.1) is 17.5 Å². The van der Waals surface area contributed by atoms with Gasteiger partial charge in [-0.25, -0.2) is 4.98 Å². The van der Waals surface area contributed by atoms with Crippen LogP contribution in [0, 0.1) is 0 Å². The number of nitrogens with zero attached hydrogens (tertiary/aromatic N) is 2. The molecule has 3 unspecified atom stereocenters. The van der Waals surface area contributed by atoms with E-state index in [0.717, 1.165) is 30.1 Å². The molecule has 3 heterocycles. The smallest absolute Gasteiger partial charge is 0.163 e. The average molecular weight is 334 g/mol. The highest BCUT2D eigenvalue weighted by Gasteiger charge is 2.30. The molecule has 0 radical (unpaired) electrons. The molecule has 5 heteroatoms. The van der Waals surface area contributed by atoms with Crippen LogP contribution in [0.4, 0.5) is 0 Å². The third-order valence-corrected chi connectivity index (χ3v) is 5.05. The zero-order valence-electron chi connectivity index (χ0n) is 14.5. The first-order valence-electron chi connectivity index (χ1n) is 8.77. The van der Waals surface area contributed by atoms with Gasteiger partial charge < -0.3 is 10.3 Å². The number of carbonyl (C=O) groups excluding carboxylic acids is 1. The van der Waals surface area contributed by atoms with Crippen LogP contribution in [0.5, 0.6) is 0 Å². The largest absolute Gasteiger partial charge is 0.341 e. The van der Waals surface area contributed by atoms with Gasteiger partial charge in [0.15, 0.2) is 5.78 Å². The highest BCUT2D eigenvalue weighted by molar-refractivity contribution is 5.99. The number of benzene rings is 1. The molecule has 1 fully saturated rings. The molecule has 4 rings (SSSR count). The normalized spacial score (nSPS) is 23.7. The fourth-order valence-electron chi connectivity index (χ4n) is 3.82. The summed E-state index contributed by atoms with van der Waals surface area (Å²) in [5.74, 6) is 1.29. The van der Waals surface area contributed by atoms with Crippen LogP contribution < -0.4 is 5.32 Å². The van der Waals surface area contributed by atoms with E-state index in [-0.39, 0.29) is 5.78 Å². The number of carbonyl (C=O) groups is 1. The molecule has 3 aliphatic heterocycles. The Bertz CT molecular complexity index is 857. The highest BCUT2D eigenvalue weighted by atomic mass is 16.1. The number of aromatic nitrogens is 3. The number of aromatic amines is 1. The number of fused-ring (bicyclic) bond motifs is 1. The molecule has 1 saturated heterocycles. The summed E-state index contributed by atoms with van der Waals surface area (Å²) < 4.78 is 0. The Labute approximate surface area is 147 Å². The minimum atomic E-state index is 0.0248. The van der Waals surface area contributed by atoms with Gasteiger partial charge in [0.2, 0.25) is 0 Å². The Kier molecular flexibility index (Phi) is 4.09. The predicted octanol–water partition coefficient (Wildman–Crippen LogP) is 3.71. The lowest BCUT2D eigenvalue weighted by molar-refractivity contribution is 0.101. The lowest BCUT2D eigenvalue weighted by Gasteiger charge is -2.34. The maximum atomic E-state index is 11.8. The fraction of sp³-hybridized carbons (Fsp3) is 0.350. The second-order valence-electron chi connectivity index (χ2n) is 6.96. The standard InChI is InChI=1S/C20H22N4O/c1-12-8-15(9-17(23-12)14-6-4-3-5-7-14)20-22-11-18-19(24-20)16(10-21-18)13(2)25/h3-7,10-12,15,17,23H,8-9H2,1-2H3,(H,22,24). The van der Waals surface area contributed by atoms with Crippen LogP contribution in [-0.2, 0) is 0 Å². The average Bonchev–Trinajstić information content (AvgIpc) is 3.05. The second-order valence-corrected chi connectivity index (χ2v) is 6.96. The molecule has 0 saturated carbocycles. The summed E-state index contributed by atoms with van der Waals surface area (Å²) in [6.07, 6.45) is 5.40.